The molecular formula is C22H28N2O4. The quantitative estimate of drug-likeness (QED) is 0.625. The molecule has 2 heterocycles. The first-order chi connectivity index (χ1) is 13.6. The molecule has 1 aliphatic carbocycles. The van der Waals surface area contributed by atoms with Crippen LogP contribution in [0.25, 0.3) is 0 Å². The van der Waals surface area contributed by atoms with E-state index in [1.54, 1.807) is 12.1 Å². The number of benzene rings is 1. The minimum atomic E-state index is -0.441. The first-order valence-electron chi connectivity index (χ1n) is 10.5. The molecule has 1 aromatic carbocycles. The first-order valence-corrected chi connectivity index (χ1v) is 10.5. The van der Waals surface area contributed by atoms with E-state index < -0.39 is 5.91 Å². The van der Waals surface area contributed by atoms with E-state index in [4.69, 9.17) is 0 Å². The van der Waals surface area contributed by atoms with Gasteiger partial charge in [0.15, 0.2) is 0 Å². The number of aromatic hydroxyl groups is 1. The average Bonchev–Trinajstić information content (AvgIpc) is 2.96. The molecule has 28 heavy (non-hydrogen) atoms. The van der Waals surface area contributed by atoms with Crippen molar-refractivity contribution in [3.63, 3.8) is 0 Å². The van der Waals surface area contributed by atoms with E-state index in [1.807, 2.05) is 4.90 Å². The molecule has 2 unspecified atom stereocenters. The Hall–Kier alpha value is -2.37. The van der Waals surface area contributed by atoms with Crippen molar-refractivity contribution in [2.24, 2.45) is 11.8 Å². The van der Waals surface area contributed by atoms with Gasteiger partial charge in [0.2, 0.25) is 5.91 Å². The summed E-state index contributed by atoms with van der Waals surface area (Å²) in [5.41, 5.74) is 0.357. The normalized spacial score (nSPS) is 24.3. The van der Waals surface area contributed by atoms with Crippen molar-refractivity contribution in [2.45, 2.75) is 51.4 Å². The molecule has 0 spiro atoms. The van der Waals surface area contributed by atoms with Crippen molar-refractivity contribution in [1.29, 1.82) is 0 Å². The topological polar surface area (TPSA) is 77.9 Å². The van der Waals surface area contributed by atoms with Gasteiger partial charge in [0.25, 0.3) is 11.8 Å². The maximum absolute atomic E-state index is 12.6. The Balaban J connectivity index is 1.24. The number of imide groups is 1. The molecule has 1 N–H and O–H groups in total. The summed E-state index contributed by atoms with van der Waals surface area (Å²) in [5, 5.41) is 9.86. The number of fused-ring (bicyclic) bond motifs is 2. The third-order valence-corrected chi connectivity index (χ3v) is 6.64. The van der Waals surface area contributed by atoms with Gasteiger partial charge in [-0.25, -0.2) is 0 Å². The Morgan fingerprint density at radius 3 is 2.61 bits per heavy atom. The van der Waals surface area contributed by atoms with Crippen molar-refractivity contribution >= 4 is 17.7 Å². The molecule has 3 amide bonds. The molecular weight excluding hydrogens is 356 g/mol. The fourth-order valence-electron chi connectivity index (χ4n) is 5.05. The van der Waals surface area contributed by atoms with Gasteiger partial charge in [-0.1, -0.05) is 25.3 Å². The van der Waals surface area contributed by atoms with Crippen LogP contribution in [-0.2, 0) is 4.79 Å². The van der Waals surface area contributed by atoms with Crippen molar-refractivity contribution in [3.8, 4) is 5.75 Å². The maximum atomic E-state index is 12.6. The summed E-state index contributed by atoms with van der Waals surface area (Å²) in [6.07, 6.45) is 8.05. The van der Waals surface area contributed by atoms with Gasteiger partial charge in [0.1, 0.15) is 5.75 Å². The van der Waals surface area contributed by atoms with Gasteiger partial charge in [-0.15, -0.1) is 0 Å². The Bertz CT molecular complexity index is 791. The minimum Gasteiger partial charge on any atom is -0.507 e. The second-order valence-corrected chi connectivity index (χ2v) is 8.35. The van der Waals surface area contributed by atoms with Crippen LogP contribution in [0.1, 0.15) is 72.1 Å². The summed E-state index contributed by atoms with van der Waals surface area (Å²) in [6.45, 7) is 2.06. The summed E-state index contributed by atoms with van der Waals surface area (Å²) in [7, 11) is 0. The average molecular weight is 384 g/mol. The first kappa shape index (κ1) is 19.0. The highest BCUT2D eigenvalue weighted by molar-refractivity contribution is 6.22. The number of piperidine rings is 1. The largest absolute Gasteiger partial charge is 0.507 e. The molecule has 3 aliphatic rings. The smallest absolute Gasteiger partial charge is 0.265 e. The summed E-state index contributed by atoms with van der Waals surface area (Å²) >= 11 is 0. The Morgan fingerprint density at radius 2 is 1.82 bits per heavy atom. The fourth-order valence-corrected chi connectivity index (χ4v) is 5.05. The lowest BCUT2D eigenvalue weighted by molar-refractivity contribution is -0.134. The van der Waals surface area contributed by atoms with Crippen LogP contribution in [0.15, 0.2) is 18.2 Å². The lowest BCUT2D eigenvalue weighted by Crippen LogP contribution is -2.44. The lowest BCUT2D eigenvalue weighted by Gasteiger charge is -2.41. The van der Waals surface area contributed by atoms with Crippen LogP contribution < -0.4 is 0 Å². The third kappa shape index (κ3) is 3.52. The van der Waals surface area contributed by atoms with Gasteiger partial charge in [0, 0.05) is 26.1 Å². The number of likely N-dealkylation sites (tertiary alicyclic amines) is 1. The summed E-state index contributed by atoms with van der Waals surface area (Å²) in [4.78, 5) is 40.6. The molecule has 6 heteroatoms. The van der Waals surface area contributed by atoms with E-state index in [0.717, 1.165) is 25.4 Å². The standard InChI is InChI=1S/C22H28N2O4/c25-18-9-5-8-17-20(18)22(28)24(21(17)27)12-4-3-10-19(26)23-13-11-15-6-1-2-7-16(15)14-23/h5,8-9,15-16,25H,1-4,6-7,10-14H2. The van der Waals surface area contributed by atoms with Crippen molar-refractivity contribution < 1.29 is 19.5 Å². The molecule has 2 atom stereocenters. The van der Waals surface area contributed by atoms with Crippen LogP contribution >= 0.6 is 0 Å². The monoisotopic (exact) mass is 384 g/mol. The van der Waals surface area contributed by atoms with Crippen LogP contribution in [0, 0.1) is 11.8 Å². The van der Waals surface area contributed by atoms with Gasteiger partial charge in [-0.05, 0) is 49.7 Å². The highest BCUT2D eigenvalue weighted by Gasteiger charge is 2.37. The Labute approximate surface area is 165 Å². The molecule has 0 bridgehead atoms. The molecule has 0 aromatic heterocycles. The number of carbonyl (C=O) groups is 3. The van der Waals surface area contributed by atoms with Crippen LogP contribution in [0.4, 0.5) is 0 Å². The SMILES string of the molecule is O=C(CCCCN1C(=O)c2cccc(O)c2C1=O)N1CCC2CCCCC2C1. The summed E-state index contributed by atoms with van der Waals surface area (Å²) in [5.74, 6) is 0.731. The van der Waals surface area contributed by atoms with Gasteiger partial charge in [0.05, 0.1) is 11.1 Å². The molecule has 1 saturated carbocycles. The van der Waals surface area contributed by atoms with Gasteiger partial charge in [-0.3, -0.25) is 19.3 Å². The molecule has 2 aliphatic heterocycles. The Morgan fingerprint density at radius 1 is 1.04 bits per heavy atom. The van der Waals surface area contributed by atoms with E-state index in [0.29, 0.717) is 25.2 Å². The van der Waals surface area contributed by atoms with Crippen LogP contribution in [0.3, 0.4) is 0 Å². The van der Waals surface area contributed by atoms with E-state index in [-0.39, 0.29) is 35.2 Å². The number of phenolic OH excluding ortho intramolecular Hbond substituents is 1. The van der Waals surface area contributed by atoms with Crippen LogP contribution in [-0.4, -0.2) is 52.3 Å². The number of carbonyl (C=O) groups excluding carboxylic acids is 3. The van der Waals surface area contributed by atoms with Crippen LogP contribution in [0.5, 0.6) is 5.75 Å². The lowest BCUT2D eigenvalue weighted by atomic mass is 9.75. The molecule has 0 radical (unpaired) electrons. The third-order valence-electron chi connectivity index (χ3n) is 6.64. The highest BCUT2D eigenvalue weighted by Crippen LogP contribution is 2.36. The Kier molecular flexibility index (Phi) is 5.38. The zero-order valence-electron chi connectivity index (χ0n) is 16.2. The van der Waals surface area contributed by atoms with Crippen molar-refractivity contribution in [1.82, 2.24) is 9.80 Å². The second kappa shape index (κ2) is 7.94. The number of hydrogen-bond donors (Lipinski definition) is 1. The van der Waals surface area contributed by atoms with Crippen molar-refractivity contribution in [3.05, 3.63) is 29.3 Å². The van der Waals surface area contributed by atoms with E-state index in [9.17, 15) is 19.5 Å². The number of rotatable bonds is 5. The van der Waals surface area contributed by atoms with Gasteiger partial charge < -0.3 is 10.0 Å². The number of hydrogen-bond acceptors (Lipinski definition) is 4. The predicted octanol–water partition coefficient (Wildman–Crippen LogP) is 3.20. The fraction of sp³-hybridized carbons (Fsp3) is 0.591. The number of unbranched alkanes of at least 4 members (excludes halogenated alkanes) is 1. The second-order valence-electron chi connectivity index (χ2n) is 8.35. The summed E-state index contributed by atoms with van der Waals surface area (Å²) in [6, 6.07) is 4.55. The maximum Gasteiger partial charge on any atom is 0.265 e. The molecule has 150 valence electrons. The van der Waals surface area contributed by atoms with Crippen LogP contribution in [0.2, 0.25) is 0 Å². The van der Waals surface area contributed by atoms with E-state index in [1.165, 1.54) is 36.6 Å². The molecule has 1 saturated heterocycles. The van der Waals surface area contributed by atoms with E-state index in [2.05, 4.69) is 0 Å². The van der Waals surface area contributed by atoms with E-state index >= 15 is 0 Å². The zero-order valence-corrected chi connectivity index (χ0v) is 16.2. The minimum absolute atomic E-state index is 0.0962. The van der Waals surface area contributed by atoms with Gasteiger partial charge in [-0.2, -0.15) is 0 Å². The van der Waals surface area contributed by atoms with Gasteiger partial charge >= 0.3 is 0 Å². The molecule has 6 nitrogen and oxygen atoms in total. The predicted molar refractivity (Wildman–Crippen MR) is 104 cm³/mol. The molecule has 2 fully saturated rings. The highest BCUT2D eigenvalue weighted by atomic mass is 16.3. The van der Waals surface area contributed by atoms with Crippen molar-refractivity contribution in [2.75, 3.05) is 19.6 Å². The number of phenols is 1. The number of nitrogens with zero attached hydrogens (tertiary/aromatic N) is 2. The molecule has 1 aromatic rings. The zero-order chi connectivity index (χ0) is 19.7. The number of amides is 3. The molecule has 4 rings (SSSR count). The summed E-state index contributed by atoms with van der Waals surface area (Å²) < 4.78 is 0.